The van der Waals surface area contributed by atoms with Gasteiger partial charge in [-0.2, -0.15) is 0 Å². The van der Waals surface area contributed by atoms with E-state index < -0.39 is 12.1 Å². The van der Waals surface area contributed by atoms with Gasteiger partial charge in [0.05, 0.1) is 7.11 Å². The van der Waals surface area contributed by atoms with Crippen LogP contribution in [-0.4, -0.2) is 36.5 Å². The number of primary amides is 1. The minimum absolute atomic E-state index is 0.228. The second-order valence-electron chi connectivity index (χ2n) is 4.83. The van der Waals surface area contributed by atoms with Gasteiger partial charge in [-0.25, -0.2) is 4.79 Å². The zero-order valence-electron chi connectivity index (χ0n) is 11.8. The molecule has 7 heteroatoms. The third kappa shape index (κ3) is 3.39. The van der Waals surface area contributed by atoms with E-state index in [0.717, 1.165) is 6.42 Å². The van der Waals surface area contributed by atoms with Crippen molar-refractivity contribution in [3.63, 3.8) is 0 Å². The van der Waals surface area contributed by atoms with Crippen molar-refractivity contribution in [3.8, 4) is 5.75 Å². The van der Waals surface area contributed by atoms with Gasteiger partial charge in [0.25, 0.3) is 0 Å². The van der Waals surface area contributed by atoms with Crippen LogP contribution in [-0.2, 0) is 11.3 Å². The number of hydrogen-bond acceptors (Lipinski definition) is 3. The number of likely N-dealkylation sites (tertiary alicyclic amines) is 1. The monoisotopic (exact) mass is 311 g/mol. The lowest BCUT2D eigenvalue weighted by molar-refractivity contribution is -0.124. The summed E-state index contributed by atoms with van der Waals surface area (Å²) in [6, 6.07) is 4.22. The lowest BCUT2D eigenvalue weighted by Gasteiger charge is -2.22. The van der Waals surface area contributed by atoms with Crippen LogP contribution >= 0.6 is 11.6 Å². The van der Waals surface area contributed by atoms with Gasteiger partial charge in [-0.3, -0.25) is 4.79 Å². The van der Waals surface area contributed by atoms with Gasteiger partial charge in [0.1, 0.15) is 11.8 Å². The van der Waals surface area contributed by atoms with E-state index in [-0.39, 0.29) is 12.5 Å². The first kappa shape index (κ1) is 15.4. The SMILES string of the molecule is COc1cccc(Cl)c1CNC(=O)[C@@H]1CCCN1C(N)=O. The number of rotatable bonds is 4. The molecular formula is C14H18ClN3O3. The molecule has 114 valence electrons. The van der Waals surface area contributed by atoms with Gasteiger partial charge in [-0.1, -0.05) is 17.7 Å². The average Bonchev–Trinajstić information content (AvgIpc) is 2.95. The summed E-state index contributed by atoms with van der Waals surface area (Å²) in [4.78, 5) is 24.9. The van der Waals surface area contributed by atoms with Gasteiger partial charge in [-0.15, -0.1) is 0 Å². The van der Waals surface area contributed by atoms with Crippen LogP contribution in [0.25, 0.3) is 0 Å². The van der Waals surface area contributed by atoms with Crippen molar-refractivity contribution >= 4 is 23.5 Å². The highest BCUT2D eigenvalue weighted by Gasteiger charge is 2.32. The average molecular weight is 312 g/mol. The second kappa shape index (κ2) is 6.67. The fraction of sp³-hybridized carbons (Fsp3) is 0.429. The van der Waals surface area contributed by atoms with E-state index in [1.54, 1.807) is 25.3 Å². The van der Waals surface area contributed by atoms with Gasteiger partial charge in [0.15, 0.2) is 0 Å². The largest absolute Gasteiger partial charge is 0.496 e. The number of carbonyl (C=O) groups excluding carboxylic acids is 2. The molecule has 1 aromatic carbocycles. The first-order chi connectivity index (χ1) is 10.0. The number of methoxy groups -OCH3 is 1. The van der Waals surface area contributed by atoms with Gasteiger partial charge in [-0.05, 0) is 25.0 Å². The predicted molar refractivity (Wildman–Crippen MR) is 79.2 cm³/mol. The zero-order valence-corrected chi connectivity index (χ0v) is 12.5. The van der Waals surface area contributed by atoms with Gasteiger partial charge < -0.3 is 20.7 Å². The molecule has 0 saturated carbocycles. The first-order valence-corrected chi connectivity index (χ1v) is 7.07. The van der Waals surface area contributed by atoms with E-state index in [2.05, 4.69) is 5.32 Å². The molecule has 21 heavy (non-hydrogen) atoms. The van der Waals surface area contributed by atoms with E-state index >= 15 is 0 Å². The Morgan fingerprint density at radius 2 is 2.29 bits per heavy atom. The Bertz CT molecular complexity index is 550. The zero-order chi connectivity index (χ0) is 15.4. The quantitative estimate of drug-likeness (QED) is 0.884. The molecule has 3 N–H and O–H groups in total. The van der Waals surface area contributed by atoms with Crippen LogP contribution in [0.15, 0.2) is 18.2 Å². The van der Waals surface area contributed by atoms with Gasteiger partial charge in [0, 0.05) is 23.7 Å². The van der Waals surface area contributed by atoms with Crippen LogP contribution in [0.5, 0.6) is 5.75 Å². The third-order valence-electron chi connectivity index (χ3n) is 3.57. The second-order valence-corrected chi connectivity index (χ2v) is 5.24. The molecule has 0 radical (unpaired) electrons. The molecule has 3 amide bonds. The number of hydrogen-bond donors (Lipinski definition) is 2. The molecule has 0 unspecified atom stereocenters. The molecule has 1 aliphatic rings. The first-order valence-electron chi connectivity index (χ1n) is 6.69. The molecule has 1 aromatic rings. The lowest BCUT2D eigenvalue weighted by Crippen LogP contribution is -2.47. The highest BCUT2D eigenvalue weighted by molar-refractivity contribution is 6.31. The van der Waals surface area contributed by atoms with Crippen LogP contribution in [0.2, 0.25) is 5.02 Å². The Balaban J connectivity index is 2.03. The van der Waals surface area contributed by atoms with Gasteiger partial charge >= 0.3 is 6.03 Å². The minimum atomic E-state index is -0.567. The van der Waals surface area contributed by atoms with Crippen molar-refractivity contribution in [3.05, 3.63) is 28.8 Å². The Morgan fingerprint density at radius 1 is 1.52 bits per heavy atom. The van der Waals surface area contributed by atoms with Crippen molar-refractivity contribution < 1.29 is 14.3 Å². The van der Waals surface area contributed by atoms with Crippen molar-refractivity contribution in [2.45, 2.75) is 25.4 Å². The smallest absolute Gasteiger partial charge is 0.315 e. The summed E-state index contributed by atoms with van der Waals surface area (Å²) in [5.74, 6) is 0.384. The molecule has 1 aliphatic heterocycles. The molecule has 1 atom stereocenters. The predicted octanol–water partition coefficient (Wildman–Crippen LogP) is 1.51. The maximum absolute atomic E-state index is 12.2. The van der Waals surface area contributed by atoms with Crippen LogP contribution in [0.4, 0.5) is 4.79 Å². The lowest BCUT2D eigenvalue weighted by atomic mass is 10.1. The van der Waals surface area contributed by atoms with Gasteiger partial charge in [0.2, 0.25) is 5.91 Å². The molecule has 2 rings (SSSR count). The van der Waals surface area contributed by atoms with E-state index in [1.165, 1.54) is 4.90 Å². The third-order valence-corrected chi connectivity index (χ3v) is 3.93. The van der Waals surface area contributed by atoms with Crippen molar-refractivity contribution in [2.24, 2.45) is 5.73 Å². The van der Waals surface area contributed by atoms with Crippen LogP contribution in [0.1, 0.15) is 18.4 Å². The Hall–Kier alpha value is -1.95. The normalized spacial score (nSPS) is 17.6. The van der Waals surface area contributed by atoms with Crippen LogP contribution in [0.3, 0.4) is 0 Å². The molecule has 1 saturated heterocycles. The number of ether oxygens (including phenoxy) is 1. The molecule has 1 fully saturated rings. The van der Waals surface area contributed by atoms with Crippen molar-refractivity contribution in [1.82, 2.24) is 10.2 Å². The standard InChI is InChI=1S/C14H18ClN3O3/c1-21-12-6-2-4-10(15)9(12)8-17-13(19)11-5-3-7-18(11)14(16)20/h2,4,6,11H,3,5,7-8H2,1H3,(H2,16,20)(H,17,19)/t11-/m0/s1. The molecule has 0 aromatic heterocycles. The van der Waals surface area contributed by atoms with Crippen molar-refractivity contribution in [1.29, 1.82) is 0 Å². The topological polar surface area (TPSA) is 84.7 Å². The van der Waals surface area contributed by atoms with Crippen LogP contribution in [0, 0.1) is 0 Å². The maximum atomic E-state index is 12.2. The fourth-order valence-corrected chi connectivity index (χ4v) is 2.73. The summed E-state index contributed by atoms with van der Waals surface area (Å²) < 4.78 is 5.22. The van der Waals surface area contributed by atoms with E-state index in [1.807, 2.05) is 0 Å². The fourth-order valence-electron chi connectivity index (χ4n) is 2.50. The summed E-state index contributed by atoms with van der Waals surface area (Å²) in [7, 11) is 1.54. The molecule has 1 heterocycles. The summed E-state index contributed by atoms with van der Waals surface area (Å²) in [5, 5.41) is 3.31. The summed E-state index contributed by atoms with van der Waals surface area (Å²) in [5.41, 5.74) is 5.98. The number of nitrogens with zero attached hydrogens (tertiary/aromatic N) is 1. The minimum Gasteiger partial charge on any atom is -0.496 e. The number of halogens is 1. The number of nitrogens with two attached hydrogens (primary N) is 1. The molecule has 0 aliphatic carbocycles. The number of carbonyl (C=O) groups is 2. The Kier molecular flexibility index (Phi) is 4.90. The Labute approximate surface area is 128 Å². The molecule has 0 bridgehead atoms. The number of urea groups is 1. The molecule has 6 nitrogen and oxygen atoms in total. The highest BCUT2D eigenvalue weighted by Crippen LogP contribution is 2.26. The Morgan fingerprint density at radius 3 is 2.95 bits per heavy atom. The number of amides is 3. The molecular weight excluding hydrogens is 294 g/mol. The van der Waals surface area contributed by atoms with Crippen LogP contribution < -0.4 is 15.8 Å². The van der Waals surface area contributed by atoms with E-state index in [9.17, 15) is 9.59 Å². The summed E-state index contributed by atoms with van der Waals surface area (Å²) in [6.07, 6.45) is 1.39. The number of nitrogens with one attached hydrogen (secondary N) is 1. The molecule has 0 spiro atoms. The highest BCUT2D eigenvalue weighted by atomic mass is 35.5. The summed E-state index contributed by atoms with van der Waals surface area (Å²) in [6.45, 7) is 0.758. The van der Waals surface area contributed by atoms with Crippen molar-refractivity contribution in [2.75, 3.05) is 13.7 Å². The maximum Gasteiger partial charge on any atom is 0.315 e. The number of benzene rings is 1. The summed E-state index contributed by atoms with van der Waals surface area (Å²) >= 11 is 6.11. The van der Waals surface area contributed by atoms with E-state index in [4.69, 9.17) is 22.1 Å². The van der Waals surface area contributed by atoms with E-state index in [0.29, 0.717) is 29.3 Å².